The number of hydrogen-bond donors (Lipinski definition) is 2. The highest BCUT2D eigenvalue weighted by atomic mass is 16.2. The monoisotopic (exact) mass is 414 g/mol. The maximum absolute atomic E-state index is 11.9. The lowest BCUT2D eigenvalue weighted by Crippen LogP contribution is -2.45. The Balaban J connectivity index is 1.50. The smallest absolute Gasteiger partial charge is 0.222 e. The van der Waals surface area contributed by atoms with Gasteiger partial charge in [-0.25, -0.2) is 4.99 Å². The molecule has 2 aliphatic heterocycles. The third kappa shape index (κ3) is 6.71. The summed E-state index contributed by atoms with van der Waals surface area (Å²) in [7, 11) is 2.19. The number of guanidine groups is 1. The Bertz CT molecular complexity index is 696. The summed E-state index contributed by atoms with van der Waals surface area (Å²) in [6.07, 6.45) is 1.54. The fourth-order valence-electron chi connectivity index (χ4n) is 4.03. The van der Waals surface area contributed by atoms with Gasteiger partial charge in [0.25, 0.3) is 0 Å². The van der Waals surface area contributed by atoms with E-state index in [-0.39, 0.29) is 11.9 Å². The Morgan fingerprint density at radius 3 is 2.43 bits per heavy atom. The van der Waals surface area contributed by atoms with Crippen molar-refractivity contribution in [2.45, 2.75) is 45.8 Å². The molecule has 166 valence electrons. The number of carbonyl (C=O) groups excluding carboxylic acids is 1. The number of nitrogens with one attached hydrogen (secondary N) is 2. The second-order valence-corrected chi connectivity index (χ2v) is 8.41. The third-order valence-corrected chi connectivity index (χ3v) is 5.97. The van der Waals surface area contributed by atoms with Crippen molar-refractivity contribution in [3.05, 3.63) is 35.4 Å². The molecule has 7 nitrogen and oxygen atoms in total. The van der Waals surface area contributed by atoms with Crippen LogP contribution in [0.15, 0.2) is 29.3 Å². The first kappa shape index (κ1) is 22.6. The van der Waals surface area contributed by atoms with Crippen LogP contribution in [-0.4, -0.2) is 85.5 Å². The van der Waals surface area contributed by atoms with Gasteiger partial charge in [0.2, 0.25) is 5.91 Å². The van der Waals surface area contributed by atoms with E-state index in [1.165, 1.54) is 11.1 Å². The second-order valence-electron chi connectivity index (χ2n) is 8.41. The molecule has 0 bridgehead atoms. The number of carbonyl (C=O) groups is 1. The Morgan fingerprint density at radius 2 is 1.77 bits per heavy atom. The molecule has 3 rings (SSSR count). The molecule has 2 heterocycles. The van der Waals surface area contributed by atoms with E-state index in [1.54, 1.807) is 0 Å². The van der Waals surface area contributed by atoms with Crippen LogP contribution in [0.3, 0.4) is 0 Å². The number of likely N-dealkylation sites (tertiary alicyclic amines) is 1. The van der Waals surface area contributed by atoms with E-state index in [0.717, 1.165) is 64.7 Å². The number of hydrogen-bond acceptors (Lipinski definition) is 4. The molecule has 7 heteroatoms. The Morgan fingerprint density at radius 1 is 1.07 bits per heavy atom. The zero-order valence-electron chi connectivity index (χ0n) is 18.9. The first-order valence-corrected chi connectivity index (χ1v) is 11.4. The first-order chi connectivity index (χ1) is 14.6. The van der Waals surface area contributed by atoms with Gasteiger partial charge in [-0.15, -0.1) is 0 Å². The molecular formula is C23H38N6O. The van der Waals surface area contributed by atoms with Crippen molar-refractivity contribution in [2.24, 2.45) is 4.99 Å². The van der Waals surface area contributed by atoms with Gasteiger partial charge in [0.1, 0.15) is 0 Å². The van der Waals surface area contributed by atoms with Crippen LogP contribution in [0.4, 0.5) is 0 Å². The normalized spacial score (nSPS) is 21.1. The Labute approximate surface area is 181 Å². The lowest BCUT2D eigenvalue weighted by atomic mass is 10.1. The number of likely N-dealkylation sites (N-methyl/N-ethyl adjacent to an activating group) is 1. The number of rotatable bonds is 7. The van der Waals surface area contributed by atoms with Crippen LogP contribution >= 0.6 is 0 Å². The van der Waals surface area contributed by atoms with Gasteiger partial charge < -0.3 is 20.4 Å². The van der Waals surface area contributed by atoms with Crippen LogP contribution in [-0.2, 0) is 17.9 Å². The molecule has 1 aromatic rings. The van der Waals surface area contributed by atoms with Gasteiger partial charge >= 0.3 is 0 Å². The third-order valence-electron chi connectivity index (χ3n) is 5.97. The number of piperazine rings is 1. The van der Waals surface area contributed by atoms with Gasteiger partial charge in [-0.05, 0) is 31.5 Å². The molecule has 1 aromatic carbocycles. The summed E-state index contributed by atoms with van der Waals surface area (Å²) in [6.45, 7) is 12.7. The molecule has 1 unspecified atom stereocenters. The van der Waals surface area contributed by atoms with Gasteiger partial charge in [-0.2, -0.15) is 0 Å². The van der Waals surface area contributed by atoms with E-state index in [2.05, 4.69) is 58.7 Å². The van der Waals surface area contributed by atoms with Crippen LogP contribution in [0.5, 0.6) is 0 Å². The molecule has 0 radical (unpaired) electrons. The highest BCUT2D eigenvalue weighted by molar-refractivity contribution is 5.80. The molecule has 0 aliphatic carbocycles. The van der Waals surface area contributed by atoms with Crippen LogP contribution in [0, 0.1) is 0 Å². The lowest BCUT2D eigenvalue weighted by Gasteiger charge is -2.32. The minimum Gasteiger partial charge on any atom is -0.357 e. The highest BCUT2D eigenvalue weighted by Crippen LogP contribution is 2.12. The number of benzene rings is 1. The molecule has 0 aromatic heterocycles. The van der Waals surface area contributed by atoms with Crippen molar-refractivity contribution in [2.75, 3.05) is 52.9 Å². The molecule has 1 amide bonds. The largest absolute Gasteiger partial charge is 0.357 e. The van der Waals surface area contributed by atoms with Crippen molar-refractivity contribution in [1.29, 1.82) is 0 Å². The van der Waals surface area contributed by atoms with Crippen molar-refractivity contribution >= 4 is 11.9 Å². The molecule has 30 heavy (non-hydrogen) atoms. The van der Waals surface area contributed by atoms with E-state index in [4.69, 9.17) is 4.99 Å². The molecule has 0 saturated carbocycles. The van der Waals surface area contributed by atoms with Crippen LogP contribution in [0.2, 0.25) is 0 Å². The predicted octanol–water partition coefficient (Wildman–Crippen LogP) is 1.50. The average Bonchev–Trinajstić information content (AvgIpc) is 3.23. The molecule has 2 fully saturated rings. The summed E-state index contributed by atoms with van der Waals surface area (Å²) in [5.74, 6) is 1.06. The standard InChI is InChI=1S/C23H38N6O/c1-4-22(30)29-11-10-21(18-29)26-23(24-5-2)25-16-19-6-8-20(9-7-19)17-28-14-12-27(3)13-15-28/h6-9,21H,4-5,10-18H2,1-3H3,(H2,24,25,26). The van der Waals surface area contributed by atoms with Gasteiger partial charge in [-0.3, -0.25) is 9.69 Å². The number of amides is 1. The molecule has 2 aliphatic rings. The zero-order valence-corrected chi connectivity index (χ0v) is 18.9. The topological polar surface area (TPSA) is 63.2 Å². The van der Waals surface area contributed by atoms with Gasteiger partial charge in [-0.1, -0.05) is 31.2 Å². The predicted molar refractivity (Wildman–Crippen MR) is 122 cm³/mol. The zero-order chi connectivity index (χ0) is 21.3. The second kappa shape index (κ2) is 11.3. The highest BCUT2D eigenvalue weighted by Gasteiger charge is 2.25. The van der Waals surface area contributed by atoms with E-state index < -0.39 is 0 Å². The molecule has 2 saturated heterocycles. The quantitative estimate of drug-likeness (QED) is 0.523. The number of aliphatic imine (C=N–C) groups is 1. The number of nitrogens with zero attached hydrogens (tertiary/aromatic N) is 4. The fraction of sp³-hybridized carbons (Fsp3) is 0.652. The van der Waals surface area contributed by atoms with E-state index in [0.29, 0.717) is 13.0 Å². The minimum absolute atomic E-state index is 0.234. The molecule has 2 N–H and O–H groups in total. The Kier molecular flexibility index (Phi) is 8.51. The van der Waals surface area contributed by atoms with Crippen molar-refractivity contribution in [1.82, 2.24) is 25.3 Å². The fourth-order valence-corrected chi connectivity index (χ4v) is 4.03. The Hall–Kier alpha value is -2.12. The molecule has 0 spiro atoms. The van der Waals surface area contributed by atoms with E-state index >= 15 is 0 Å². The van der Waals surface area contributed by atoms with Crippen molar-refractivity contribution in [3.63, 3.8) is 0 Å². The molecule has 1 atom stereocenters. The summed E-state index contributed by atoms with van der Waals surface area (Å²) >= 11 is 0. The summed E-state index contributed by atoms with van der Waals surface area (Å²) in [5, 5.41) is 6.83. The summed E-state index contributed by atoms with van der Waals surface area (Å²) in [5.41, 5.74) is 2.58. The van der Waals surface area contributed by atoms with Crippen LogP contribution in [0.25, 0.3) is 0 Å². The first-order valence-electron chi connectivity index (χ1n) is 11.4. The summed E-state index contributed by atoms with van der Waals surface area (Å²) in [6, 6.07) is 9.11. The van der Waals surface area contributed by atoms with Crippen molar-refractivity contribution in [3.8, 4) is 0 Å². The average molecular weight is 415 g/mol. The van der Waals surface area contributed by atoms with E-state index in [1.807, 2.05) is 11.8 Å². The molecular weight excluding hydrogens is 376 g/mol. The van der Waals surface area contributed by atoms with E-state index in [9.17, 15) is 4.79 Å². The maximum atomic E-state index is 11.9. The summed E-state index contributed by atoms with van der Waals surface area (Å²) < 4.78 is 0. The maximum Gasteiger partial charge on any atom is 0.222 e. The van der Waals surface area contributed by atoms with Crippen LogP contribution in [0.1, 0.15) is 37.8 Å². The van der Waals surface area contributed by atoms with Crippen LogP contribution < -0.4 is 10.6 Å². The lowest BCUT2D eigenvalue weighted by molar-refractivity contribution is -0.129. The van der Waals surface area contributed by atoms with Gasteiger partial charge in [0, 0.05) is 64.8 Å². The van der Waals surface area contributed by atoms with Crippen molar-refractivity contribution < 1.29 is 4.79 Å². The van der Waals surface area contributed by atoms with Gasteiger partial charge in [0.05, 0.1) is 6.54 Å². The van der Waals surface area contributed by atoms with Gasteiger partial charge in [0.15, 0.2) is 5.96 Å². The minimum atomic E-state index is 0.234. The summed E-state index contributed by atoms with van der Waals surface area (Å²) in [4.78, 5) is 23.5. The SMILES string of the molecule is CCNC(=NCc1ccc(CN2CCN(C)CC2)cc1)NC1CCN(C(=O)CC)C1.